The third-order valence-corrected chi connectivity index (χ3v) is 9.93. The second kappa shape index (κ2) is 10.4. The highest BCUT2D eigenvalue weighted by molar-refractivity contribution is 6.36. The third-order valence-electron chi connectivity index (χ3n) is 8.64. The van der Waals surface area contributed by atoms with Gasteiger partial charge >= 0.3 is 0 Å². The molecule has 1 heterocycles. The summed E-state index contributed by atoms with van der Waals surface area (Å²) < 4.78 is 10.6. The number of methoxy groups -OCH3 is 2. The molecule has 2 atom stereocenters. The summed E-state index contributed by atoms with van der Waals surface area (Å²) in [7, 11) is 3.09. The van der Waals surface area contributed by atoms with E-state index in [1.807, 2.05) is 48.5 Å². The molecule has 9 heteroatoms. The van der Waals surface area contributed by atoms with E-state index in [1.165, 1.54) is 12.0 Å². The third kappa shape index (κ3) is 4.04. The van der Waals surface area contributed by atoms with Crippen LogP contribution >= 0.6 is 23.2 Å². The molecule has 1 aliphatic heterocycles. The largest absolute Gasteiger partial charge is 0.497 e. The van der Waals surface area contributed by atoms with Crippen LogP contribution in [0.1, 0.15) is 47.9 Å². The Morgan fingerprint density at radius 1 is 0.805 bits per heavy atom. The lowest BCUT2D eigenvalue weighted by Crippen LogP contribution is -2.57. The standard InChI is InChI=1S/C32H30Cl2N2O5/c1-40-19-15-16-25(41-2)24(18-19)35-26(37)14-4-3-9-17-36-29(38)27-28(30(36)39)32(34)21-11-6-5-10-20(21)31(27,33)22-12-7-8-13-23(22)32/h5-8,10-13,15-16,18,27-28H,3-4,9,14,17H2,1-2H3,(H,35,37)/t27-,28-,31?,32?/m1/s1. The Hall–Kier alpha value is -3.55. The number of likely N-dealkylation sites (tertiary alicyclic amines) is 1. The number of hydrogen-bond donors (Lipinski definition) is 1. The van der Waals surface area contributed by atoms with Gasteiger partial charge in [0.1, 0.15) is 21.2 Å². The Balaban J connectivity index is 1.13. The van der Waals surface area contributed by atoms with Crippen LogP contribution in [0.4, 0.5) is 5.69 Å². The van der Waals surface area contributed by atoms with Crippen molar-refractivity contribution >= 4 is 46.6 Å². The van der Waals surface area contributed by atoms with Crippen molar-refractivity contribution in [2.75, 3.05) is 26.1 Å². The van der Waals surface area contributed by atoms with Crippen molar-refractivity contribution in [3.63, 3.8) is 0 Å². The first-order valence-electron chi connectivity index (χ1n) is 13.7. The number of rotatable bonds is 9. The van der Waals surface area contributed by atoms with E-state index < -0.39 is 21.6 Å². The number of nitrogens with one attached hydrogen (secondary N) is 1. The average Bonchev–Trinajstić information content (AvgIpc) is 3.25. The van der Waals surface area contributed by atoms with Crippen molar-refractivity contribution in [1.29, 1.82) is 0 Å². The monoisotopic (exact) mass is 592 g/mol. The number of carbonyl (C=O) groups excluding carboxylic acids is 3. The second-order valence-electron chi connectivity index (χ2n) is 10.7. The van der Waals surface area contributed by atoms with Gasteiger partial charge in [0.2, 0.25) is 17.7 Å². The van der Waals surface area contributed by atoms with Gasteiger partial charge in [-0.15, -0.1) is 23.2 Å². The number of imide groups is 1. The van der Waals surface area contributed by atoms with Crippen molar-refractivity contribution in [3.05, 3.63) is 89.0 Å². The summed E-state index contributed by atoms with van der Waals surface area (Å²) in [6.45, 7) is 0.253. The molecule has 3 aliphatic carbocycles. The quantitative estimate of drug-likeness (QED) is 0.193. The molecule has 1 saturated heterocycles. The molecule has 0 saturated carbocycles. The second-order valence-corrected chi connectivity index (χ2v) is 11.9. The minimum absolute atomic E-state index is 0.156. The molecule has 1 N–H and O–H groups in total. The van der Waals surface area contributed by atoms with Gasteiger partial charge in [-0.1, -0.05) is 55.0 Å². The number of alkyl halides is 2. The lowest BCUT2D eigenvalue weighted by Gasteiger charge is -2.54. The topological polar surface area (TPSA) is 84.9 Å². The van der Waals surface area contributed by atoms with Gasteiger partial charge in [-0.2, -0.15) is 0 Å². The highest BCUT2D eigenvalue weighted by atomic mass is 35.5. The number of carbonyl (C=O) groups is 3. The maximum Gasteiger partial charge on any atom is 0.235 e. The number of hydrogen-bond acceptors (Lipinski definition) is 5. The van der Waals surface area contributed by atoms with Crippen LogP contribution in [0, 0.1) is 11.8 Å². The molecule has 0 spiro atoms. The summed E-state index contributed by atoms with van der Waals surface area (Å²) in [5.74, 6) is -1.15. The van der Waals surface area contributed by atoms with E-state index in [9.17, 15) is 14.4 Å². The lowest BCUT2D eigenvalue weighted by molar-refractivity contribution is -0.140. The molecule has 1 fully saturated rings. The van der Waals surface area contributed by atoms with E-state index in [2.05, 4.69) is 5.32 Å². The zero-order valence-corrected chi connectivity index (χ0v) is 24.3. The van der Waals surface area contributed by atoms with Crippen molar-refractivity contribution in [1.82, 2.24) is 4.90 Å². The molecular weight excluding hydrogens is 563 g/mol. The Morgan fingerprint density at radius 2 is 1.34 bits per heavy atom. The van der Waals surface area contributed by atoms with Gasteiger partial charge in [0, 0.05) is 19.0 Å². The van der Waals surface area contributed by atoms with Crippen molar-refractivity contribution < 1.29 is 23.9 Å². The predicted octanol–water partition coefficient (Wildman–Crippen LogP) is 5.80. The smallest absolute Gasteiger partial charge is 0.235 e. The van der Waals surface area contributed by atoms with Gasteiger partial charge in [0.15, 0.2) is 0 Å². The molecule has 2 bridgehead atoms. The maximum absolute atomic E-state index is 13.9. The number of benzene rings is 3. The normalized spacial score (nSPS) is 25.4. The van der Waals surface area contributed by atoms with Crippen LogP contribution in [0.2, 0.25) is 0 Å². The van der Waals surface area contributed by atoms with Crippen LogP contribution < -0.4 is 14.8 Å². The number of unbranched alkanes of at least 4 members (excludes halogenated alkanes) is 2. The number of ether oxygens (including phenoxy) is 2. The zero-order valence-electron chi connectivity index (χ0n) is 22.8. The molecule has 4 aliphatic rings. The minimum Gasteiger partial charge on any atom is -0.497 e. The molecule has 3 aromatic carbocycles. The van der Waals surface area contributed by atoms with Crippen LogP contribution in [0.3, 0.4) is 0 Å². The Morgan fingerprint density at radius 3 is 1.83 bits per heavy atom. The molecule has 0 unspecified atom stereocenters. The molecule has 0 radical (unpaired) electrons. The first-order valence-corrected chi connectivity index (χ1v) is 14.5. The SMILES string of the molecule is COc1ccc(OC)c(NC(=O)CCCCCN2C(=O)[C@H]3[C@H](C2=O)C2(Cl)c4ccccc4C3(Cl)c3ccccc32)c1. The summed E-state index contributed by atoms with van der Waals surface area (Å²) in [5.41, 5.74) is 3.70. The predicted molar refractivity (Wildman–Crippen MR) is 156 cm³/mol. The maximum atomic E-state index is 13.9. The number of halogens is 2. The summed E-state index contributed by atoms with van der Waals surface area (Å²) in [6, 6.07) is 20.4. The van der Waals surface area contributed by atoms with E-state index in [-0.39, 0.29) is 30.7 Å². The van der Waals surface area contributed by atoms with Crippen molar-refractivity contribution in [2.45, 2.75) is 35.4 Å². The number of amides is 3. The highest BCUT2D eigenvalue weighted by Crippen LogP contribution is 2.69. The van der Waals surface area contributed by atoms with Crippen LogP contribution in [-0.4, -0.2) is 43.4 Å². The highest BCUT2D eigenvalue weighted by Gasteiger charge is 2.72. The fraction of sp³-hybridized carbons (Fsp3) is 0.344. The Kier molecular flexibility index (Phi) is 6.99. The summed E-state index contributed by atoms with van der Waals surface area (Å²) >= 11 is 14.9. The van der Waals surface area contributed by atoms with E-state index in [1.54, 1.807) is 25.3 Å². The fourth-order valence-corrected chi connectivity index (χ4v) is 7.90. The molecule has 41 heavy (non-hydrogen) atoms. The van der Waals surface area contributed by atoms with Crippen LogP contribution in [0.5, 0.6) is 11.5 Å². The van der Waals surface area contributed by atoms with Crippen molar-refractivity contribution in [2.24, 2.45) is 11.8 Å². The molecular formula is C32H30Cl2N2O5. The Bertz CT molecular complexity index is 1440. The van der Waals surface area contributed by atoms with E-state index in [0.717, 1.165) is 22.3 Å². The van der Waals surface area contributed by atoms with E-state index in [0.29, 0.717) is 36.4 Å². The summed E-state index contributed by atoms with van der Waals surface area (Å²) in [4.78, 5) is 39.3. The van der Waals surface area contributed by atoms with Gasteiger partial charge in [0.05, 0.1) is 31.7 Å². The molecule has 212 valence electrons. The van der Waals surface area contributed by atoms with E-state index in [4.69, 9.17) is 32.7 Å². The van der Waals surface area contributed by atoms with Gasteiger partial charge < -0.3 is 14.8 Å². The number of nitrogens with zero attached hydrogens (tertiary/aromatic N) is 1. The molecule has 0 aromatic heterocycles. The number of anilines is 1. The Labute approximate surface area is 248 Å². The van der Waals surface area contributed by atoms with E-state index >= 15 is 0 Å². The summed E-state index contributed by atoms with van der Waals surface area (Å²) in [6.07, 6.45) is 2.11. The van der Waals surface area contributed by atoms with Gasteiger partial charge in [-0.05, 0) is 47.2 Å². The molecule has 3 amide bonds. The average molecular weight is 594 g/mol. The van der Waals surface area contributed by atoms with Crippen LogP contribution in [0.25, 0.3) is 0 Å². The molecule has 3 aromatic rings. The van der Waals surface area contributed by atoms with Gasteiger partial charge in [0.25, 0.3) is 0 Å². The first-order chi connectivity index (χ1) is 19.8. The molecule has 7 nitrogen and oxygen atoms in total. The summed E-state index contributed by atoms with van der Waals surface area (Å²) in [5, 5.41) is 2.87. The van der Waals surface area contributed by atoms with Crippen molar-refractivity contribution in [3.8, 4) is 11.5 Å². The first kappa shape index (κ1) is 27.6. The van der Waals surface area contributed by atoms with Crippen LogP contribution in [0.15, 0.2) is 66.7 Å². The molecule has 7 rings (SSSR count). The lowest BCUT2D eigenvalue weighted by atomic mass is 9.54. The minimum atomic E-state index is -1.17. The van der Waals surface area contributed by atoms with Crippen LogP contribution in [-0.2, 0) is 24.1 Å². The zero-order chi connectivity index (χ0) is 28.9. The van der Waals surface area contributed by atoms with Gasteiger partial charge in [-0.25, -0.2) is 0 Å². The fourth-order valence-electron chi connectivity index (χ4n) is 6.80. The van der Waals surface area contributed by atoms with Gasteiger partial charge in [-0.3, -0.25) is 19.3 Å².